The van der Waals surface area contributed by atoms with Crippen LogP contribution in [0.4, 0.5) is 4.79 Å². The van der Waals surface area contributed by atoms with E-state index in [1.807, 2.05) is 18.2 Å². The lowest BCUT2D eigenvalue weighted by Gasteiger charge is -2.23. The van der Waals surface area contributed by atoms with E-state index in [-0.39, 0.29) is 0 Å². The molecule has 0 spiro atoms. The summed E-state index contributed by atoms with van der Waals surface area (Å²) in [6, 6.07) is 5.78. The Morgan fingerprint density at radius 3 is 2.35 bits per heavy atom. The highest BCUT2D eigenvalue weighted by atomic mass is 32.2. The number of nitrogens with zero attached hydrogens (tertiary/aromatic N) is 1. The van der Waals surface area contributed by atoms with E-state index in [9.17, 15) is 4.79 Å². The van der Waals surface area contributed by atoms with Crippen LogP contribution < -0.4 is 14.8 Å². The summed E-state index contributed by atoms with van der Waals surface area (Å²) in [5.41, 5.74) is 0. The van der Waals surface area contributed by atoms with Crippen molar-refractivity contribution in [2.45, 2.75) is 25.2 Å². The van der Waals surface area contributed by atoms with Crippen LogP contribution in [0.3, 0.4) is 0 Å². The molecular formula is C16H26N2O4S. The molecule has 1 aromatic carbocycles. The number of benzene rings is 1. The maximum Gasteiger partial charge on any atom is 0.404 e. The third kappa shape index (κ3) is 7.99. The normalized spacial score (nSPS) is 10.9. The van der Waals surface area contributed by atoms with Gasteiger partial charge in [0.05, 0.1) is 14.2 Å². The molecule has 0 heterocycles. The maximum atomic E-state index is 10.5. The average Bonchev–Trinajstić information content (AvgIpc) is 2.50. The fraction of sp³-hybridized carbons (Fsp3) is 0.562. The second kappa shape index (κ2) is 10.2. The fourth-order valence-corrected chi connectivity index (χ4v) is 3.24. The maximum absolute atomic E-state index is 10.5. The second-order valence-corrected chi connectivity index (χ2v) is 6.68. The molecule has 0 radical (unpaired) electrons. The number of carboxylic acid groups (broad SMARTS) is 1. The Hall–Kier alpha value is -1.60. The first-order valence-electron chi connectivity index (χ1n) is 7.57. The molecule has 6 nitrogen and oxygen atoms in total. The first-order valence-corrected chi connectivity index (χ1v) is 8.34. The molecule has 1 aromatic rings. The molecule has 0 aliphatic carbocycles. The highest BCUT2D eigenvalue weighted by Gasteiger charge is 2.11. The Balaban J connectivity index is 2.69. The number of ether oxygens (including phenoxy) is 2. The summed E-state index contributed by atoms with van der Waals surface area (Å²) >= 11 is 1.63. The van der Waals surface area contributed by atoms with Crippen molar-refractivity contribution in [1.82, 2.24) is 9.62 Å². The van der Waals surface area contributed by atoms with E-state index in [4.69, 9.17) is 14.6 Å². The van der Waals surface area contributed by atoms with Gasteiger partial charge in [0.1, 0.15) is 11.5 Å². The van der Waals surface area contributed by atoms with Gasteiger partial charge in [-0.2, -0.15) is 0 Å². The Kier molecular flexibility index (Phi) is 8.65. The highest BCUT2D eigenvalue weighted by Crippen LogP contribution is 2.31. The molecule has 0 aliphatic rings. The standard InChI is InChI=1S/C16H26N2O4S/c1-12(2)11-18(7-5-6-17-16(19)20)23-15-9-13(21-3)8-14(10-15)22-4/h8-10,12,17H,5-7,11H2,1-4H3,(H,19,20). The zero-order valence-electron chi connectivity index (χ0n) is 14.2. The van der Waals surface area contributed by atoms with Gasteiger partial charge in [0.2, 0.25) is 0 Å². The molecule has 0 saturated carbocycles. The van der Waals surface area contributed by atoms with Crippen LogP contribution in [0.25, 0.3) is 0 Å². The topological polar surface area (TPSA) is 71.0 Å². The Labute approximate surface area is 142 Å². The van der Waals surface area contributed by atoms with Crippen molar-refractivity contribution in [2.75, 3.05) is 33.9 Å². The first kappa shape index (κ1) is 19.4. The number of amides is 1. The summed E-state index contributed by atoms with van der Waals surface area (Å²) in [6.07, 6.45) is -0.224. The monoisotopic (exact) mass is 342 g/mol. The summed E-state index contributed by atoms with van der Waals surface area (Å²) in [5, 5.41) is 11.0. The summed E-state index contributed by atoms with van der Waals surface area (Å²) in [7, 11) is 3.26. The van der Waals surface area contributed by atoms with E-state index in [2.05, 4.69) is 23.5 Å². The van der Waals surface area contributed by atoms with Gasteiger partial charge in [0.25, 0.3) is 0 Å². The summed E-state index contributed by atoms with van der Waals surface area (Å²) in [6.45, 7) is 6.48. The van der Waals surface area contributed by atoms with Crippen molar-refractivity contribution in [3.63, 3.8) is 0 Å². The molecule has 7 heteroatoms. The fourth-order valence-electron chi connectivity index (χ4n) is 2.02. The van der Waals surface area contributed by atoms with E-state index in [0.29, 0.717) is 12.5 Å². The highest BCUT2D eigenvalue weighted by molar-refractivity contribution is 7.97. The molecule has 1 rings (SSSR count). The molecule has 1 amide bonds. The van der Waals surface area contributed by atoms with Gasteiger partial charge >= 0.3 is 6.09 Å². The molecular weight excluding hydrogens is 316 g/mol. The van der Waals surface area contributed by atoms with Crippen LogP contribution in [0, 0.1) is 5.92 Å². The van der Waals surface area contributed by atoms with Gasteiger partial charge in [-0.05, 0) is 36.4 Å². The molecule has 0 saturated heterocycles. The number of rotatable bonds is 10. The van der Waals surface area contributed by atoms with E-state index >= 15 is 0 Å². The number of carbonyl (C=O) groups is 1. The average molecular weight is 342 g/mol. The summed E-state index contributed by atoms with van der Waals surface area (Å²) in [5.74, 6) is 2.02. The molecule has 0 fully saturated rings. The van der Waals surface area contributed by atoms with Crippen LogP contribution in [0.2, 0.25) is 0 Å². The minimum Gasteiger partial charge on any atom is -0.497 e. The van der Waals surface area contributed by atoms with Gasteiger partial charge in [0.15, 0.2) is 0 Å². The van der Waals surface area contributed by atoms with Crippen LogP contribution in [0.1, 0.15) is 20.3 Å². The van der Waals surface area contributed by atoms with Gasteiger partial charge in [-0.25, -0.2) is 9.10 Å². The second-order valence-electron chi connectivity index (χ2n) is 5.51. The van der Waals surface area contributed by atoms with Gasteiger partial charge in [0, 0.05) is 30.6 Å². The van der Waals surface area contributed by atoms with Crippen molar-refractivity contribution in [3.05, 3.63) is 18.2 Å². The first-order chi connectivity index (χ1) is 10.9. The summed E-state index contributed by atoms with van der Waals surface area (Å²) < 4.78 is 12.8. The lowest BCUT2D eigenvalue weighted by molar-refractivity contribution is 0.194. The third-order valence-corrected chi connectivity index (χ3v) is 4.03. The third-order valence-electron chi connectivity index (χ3n) is 2.99. The largest absolute Gasteiger partial charge is 0.497 e. The van der Waals surface area contributed by atoms with Crippen LogP contribution in [0.15, 0.2) is 23.1 Å². The minimum atomic E-state index is -0.981. The molecule has 0 aromatic heterocycles. The van der Waals surface area contributed by atoms with Crippen molar-refractivity contribution >= 4 is 18.0 Å². The minimum absolute atomic E-state index is 0.450. The van der Waals surface area contributed by atoms with Gasteiger partial charge < -0.3 is 19.9 Å². The van der Waals surface area contributed by atoms with Crippen molar-refractivity contribution in [1.29, 1.82) is 0 Å². The molecule has 2 N–H and O–H groups in total. The number of hydrogen-bond acceptors (Lipinski definition) is 5. The predicted molar refractivity (Wildman–Crippen MR) is 92.5 cm³/mol. The zero-order valence-corrected chi connectivity index (χ0v) is 15.0. The quantitative estimate of drug-likeness (QED) is 0.502. The molecule has 130 valence electrons. The van der Waals surface area contributed by atoms with Crippen molar-refractivity contribution in [3.8, 4) is 11.5 Å². The van der Waals surface area contributed by atoms with Gasteiger partial charge in [-0.15, -0.1) is 0 Å². The molecule has 0 atom stereocenters. The molecule has 23 heavy (non-hydrogen) atoms. The number of hydrogen-bond donors (Lipinski definition) is 2. The Morgan fingerprint density at radius 1 is 1.26 bits per heavy atom. The molecule has 0 unspecified atom stereocenters. The van der Waals surface area contributed by atoms with Gasteiger partial charge in [-0.1, -0.05) is 13.8 Å². The predicted octanol–water partition coefficient (Wildman–Crippen LogP) is 3.33. The van der Waals surface area contributed by atoms with Crippen LogP contribution in [0.5, 0.6) is 11.5 Å². The van der Waals surface area contributed by atoms with Crippen molar-refractivity contribution < 1.29 is 19.4 Å². The van der Waals surface area contributed by atoms with E-state index in [0.717, 1.165) is 35.9 Å². The summed E-state index contributed by atoms with van der Waals surface area (Å²) in [4.78, 5) is 11.5. The van der Waals surface area contributed by atoms with E-state index in [1.54, 1.807) is 26.2 Å². The SMILES string of the molecule is COc1cc(OC)cc(SN(CCCNC(=O)O)CC(C)C)c1. The Morgan fingerprint density at radius 2 is 1.87 bits per heavy atom. The lowest BCUT2D eigenvalue weighted by Crippen LogP contribution is -2.27. The van der Waals surface area contributed by atoms with E-state index in [1.165, 1.54) is 0 Å². The van der Waals surface area contributed by atoms with Crippen LogP contribution in [-0.2, 0) is 0 Å². The van der Waals surface area contributed by atoms with Gasteiger partial charge in [-0.3, -0.25) is 0 Å². The Bertz CT molecular complexity index is 475. The zero-order chi connectivity index (χ0) is 17.2. The van der Waals surface area contributed by atoms with Crippen molar-refractivity contribution in [2.24, 2.45) is 5.92 Å². The molecule has 0 aliphatic heterocycles. The van der Waals surface area contributed by atoms with Crippen LogP contribution in [-0.4, -0.2) is 49.4 Å². The lowest BCUT2D eigenvalue weighted by atomic mass is 10.2. The van der Waals surface area contributed by atoms with Crippen LogP contribution >= 0.6 is 11.9 Å². The molecule has 0 bridgehead atoms. The number of methoxy groups -OCH3 is 2. The van der Waals surface area contributed by atoms with E-state index < -0.39 is 6.09 Å². The smallest absolute Gasteiger partial charge is 0.404 e. The number of nitrogens with one attached hydrogen (secondary N) is 1.